The molecule has 2 aromatic carbocycles. The van der Waals surface area contributed by atoms with Crippen molar-refractivity contribution in [2.24, 2.45) is 0 Å². The molecule has 0 saturated heterocycles. The number of rotatable bonds is 10. The van der Waals surface area contributed by atoms with Gasteiger partial charge in [0, 0.05) is 6.42 Å². The zero-order chi connectivity index (χ0) is 22.1. The second kappa shape index (κ2) is 11.1. The molecule has 0 radical (unpaired) electrons. The van der Waals surface area contributed by atoms with Gasteiger partial charge in [0.15, 0.2) is 5.78 Å². The smallest absolute Gasteiger partial charge is 0.347 e. The molecule has 8 nitrogen and oxygen atoms in total. The number of para-hydroxylation sites is 2. The van der Waals surface area contributed by atoms with Crippen molar-refractivity contribution in [3.05, 3.63) is 59.7 Å². The van der Waals surface area contributed by atoms with Crippen LogP contribution in [0.2, 0.25) is 0 Å². The van der Waals surface area contributed by atoms with Gasteiger partial charge in [-0.25, -0.2) is 4.79 Å². The fourth-order valence-corrected chi connectivity index (χ4v) is 2.87. The highest BCUT2D eigenvalue weighted by atomic mass is 16.5. The highest BCUT2D eigenvalue weighted by molar-refractivity contribution is 6.01. The first-order valence-corrected chi connectivity index (χ1v) is 9.36. The number of aliphatic hydroxyl groups excluding tert-OH is 1. The molecule has 8 heteroatoms. The van der Waals surface area contributed by atoms with Crippen LogP contribution in [0, 0.1) is 0 Å². The minimum absolute atomic E-state index is 0.0251. The summed E-state index contributed by atoms with van der Waals surface area (Å²) in [7, 11) is 2.68. The first-order valence-electron chi connectivity index (χ1n) is 9.36. The van der Waals surface area contributed by atoms with Crippen LogP contribution < -0.4 is 14.8 Å². The lowest BCUT2D eigenvalue weighted by molar-refractivity contribution is -0.144. The summed E-state index contributed by atoms with van der Waals surface area (Å²) in [5, 5.41) is 12.1. The topological polar surface area (TPSA) is 111 Å². The third-order valence-electron chi connectivity index (χ3n) is 4.31. The normalized spacial score (nSPS) is 12.5. The van der Waals surface area contributed by atoms with Crippen molar-refractivity contribution in [2.45, 2.75) is 32.0 Å². The maximum absolute atomic E-state index is 12.7. The van der Waals surface area contributed by atoms with E-state index in [9.17, 15) is 19.5 Å². The quantitative estimate of drug-likeness (QED) is 0.263. The van der Waals surface area contributed by atoms with E-state index in [1.807, 2.05) is 0 Å². The Balaban J connectivity index is 2.14. The van der Waals surface area contributed by atoms with Gasteiger partial charge in [-0.15, -0.1) is 0 Å². The lowest BCUT2D eigenvalue weighted by Crippen LogP contribution is -2.42. The van der Waals surface area contributed by atoms with Gasteiger partial charge in [0.2, 0.25) is 0 Å². The number of aliphatic hydroxyl groups is 1. The van der Waals surface area contributed by atoms with E-state index in [1.54, 1.807) is 42.5 Å². The molecule has 0 saturated carbocycles. The second-order valence-corrected chi connectivity index (χ2v) is 6.47. The lowest BCUT2D eigenvalue weighted by Gasteiger charge is -2.18. The molecular formula is C22H25NO7. The minimum atomic E-state index is -0.946. The van der Waals surface area contributed by atoms with E-state index < -0.39 is 24.2 Å². The van der Waals surface area contributed by atoms with Crippen LogP contribution in [0.4, 0.5) is 0 Å². The number of nitrogens with one attached hydrogen (secondary N) is 1. The Hall–Kier alpha value is -3.23. The number of hydrogen-bond donors (Lipinski definition) is 2. The third kappa shape index (κ3) is 6.13. The highest BCUT2D eigenvalue weighted by Crippen LogP contribution is 2.24. The van der Waals surface area contributed by atoms with Gasteiger partial charge in [0.1, 0.15) is 29.3 Å². The summed E-state index contributed by atoms with van der Waals surface area (Å²) in [4.78, 5) is 37.2. The second-order valence-electron chi connectivity index (χ2n) is 6.47. The molecule has 0 amide bonds. The molecule has 2 atom stereocenters. The van der Waals surface area contributed by atoms with Crippen LogP contribution in [0.15, 0.2) is 48.5 Å². The molecule has 0 fully saturated rings. The zero-order valence-electron chi connectivity index (χ0n) is 17.1. The Kier molecular flexibility index (Phi) is 8.52. The van der Waals surface area contributed by atoms with Crippen molar-refractivity contribution in [1.82, 2.24) is 5.32 Å². The minimum Gasteiger partial charge on any atom is -0.496 e. The number of hydrogen-bond acceptors (Lipinski definition) is 8. The first-order chi connectivity index (χ1) is 14.4. The van der Waals surface area contributed by atoms with E-state index in [-0.39, 0.29) is 35.5 Å². The first kappa shape index (κ1) is 23.1. The molecule has 0 aromatic heterocycles. The number of carbonyl (C=O) groups is 3. The number of benzene rings is 2. The van der Waals surface area contributed by atoms with Crippen molar-refractivity contribution in [2.75, 3.05) is 14.2 Å². The fourth-order valence-electron chi connectivity index (χ4n) is 2.87. The number of methoxy groups -OCH3 is 2. The molecule has 0 aliphatic rings. The van der Waals surface area contributed by atoms with Crippen LogP contribution in [0.5, 0.6) is 11.5 Å². The number of carbonyl (C=O) groups excluding carboxylic acids is 3. The molecule has 0 aliphatic heterocycles. The molecule has 2 aromatic rings. The Labute approximate surface area is 174 Å². The fraction of sp³-hybridized carbons (Fsp3) is 0.318. The Morgan fingerprint density at radius 3 is 2.17 bits per heavy atom. The van der Waals surface area contributed by atoms with Crippen molar-refractivity contribution in [3.63, 3.8) is 0 Å². The molecule has 0 bridgehead atoms. The summed E-state index contributed by atoms with van der Waals surface area (Å²) in [5.41, 5.74) is 0.440. The Bertz CT molecular complexity index is 895. The summed E-state index contributed by atoms with van der Waals surface area (Å²) in [6, 6.07) is 12.1. The Morgan fingerprint density at radius 1 is 0.967 bits per heavy atom. The third-order valence-corrected chi connectivity index (χ3v) is 4.31. The molecule has 160 valence electrons. The average molecular weight is 415 g/mol. The van der Waals surface area contributed by atoms with E-state index in [1.165, 1.54) is 27.2 Å². The summed E-state index contributed by atoms with van der Waals surface area (Å²) in [6.45, 7) is 1.46. The SMILES string of the molecule is COC(=O)C(CCC(=O)c1ccccc1OC(=O)c1ccccc1OC)NC(C)O. The number of ketones is 1. The van der Waals surface area contributed by atoms with Crippen LogP contribution >= 0.6 is 0 Å². The predicted octanol–water partition coefficient (Wildman–Crippen LogP) is 2.35. The summed E-state index contributed by atoms with van der Waals surface area (Å²) < 4.78 is 15.3. The molecule has 0 spiro atoms. The van der Waals surface area contributed by atoms with Crippen LogP contribution in [0.3, 0.4) is 0 Å². The van der Waals surface area contributed by atoms with E-state index in [0.29, 0.717) is 5.75 Å². The van der Waals surface area contributed by atoms with Gasteiger partial charge in [-0.2, -0.15) is 0 Å². The zero-order valence-corrected chi connectivity index (χ0v) is 17.1. The van der Waals surface area contributed by atoms with E-state index in [4.69, 9.17) is 14.2 Å². The molecular weight excluding hydrogens is 390 g/mol. The molecule has 30 heavy (non-hydrogen) atoms. The maximum Gasteiger partial charge on any atom is 0.347 e. The Morgan fingerprint density at radius 2 is 1.57 bits per heavy atom. The monoisotopic (exact) mass is 415 g/mol. The van der Waals surface area contributed by atoms with E-state index in [2.05, 4.69) is 5.32 Å². The van der Waals surface area contributed by atoms with Crippen LogP contribution in [-0.2, 0) is 9.53 Å². The predicted molar refractivity (Wildman–Crippen MR) is 109 cm³/mol. The van der Waals surface area contributed by atoms with Crippen molar-refractivity contribution >= 4 is 17.7 Å². The standard InChI is InChI=1S/C22H25NO7/c1-14(24)23-17(22(27)29-3)12-13-18(25)15-8-4-7-11-20(15)30-21(26)16-9-5-6-10-19(16)28-2/h4-11,14,17,23-24H,12-13H2,1-3H3. The van der Waals surface area contributed by atoms with Gasteiger partial charge >= 0.3 is 11.9 Å². The maximum atomic E-state index is 12.7. The molecule has 2 rings (SSSR count). The van der Waals surface area contributed by atoms with Crippen molar-refractivity contribution < 1.29 is 33.7 Å². The summed E-state index contributed by atoms with van der Waals surface area (Å²) in [5.74, 6) is -1.09. The van der Waals surface area contributed by atoms with Gasteiger partial charge in [-0.1, -0.05) is 24.3 Å². The molecule has 2 N–H and O–H groups in total. The van der Waals surface area contributed by atoms with Gasteiger partial charge in [-0.05, 0) is 37.6 Å². The van der Waals surface area contributed by atoms with Crippen LogP contribution in [0.25, 0.3) is 0 Å². The van der Waals surface area contributed by atoms with E-state index >= 15 is 0 Å². The van der Waals surface area contributed by atoms with Crippen molar-refractivity contribution in [3.8, 4) is 11.5 Å². The van der Waals surface area contributed by atoms with Crippen LogP contribution in [-0.4, -0.2) is 49.3 Å². The number of Topliss-reactive ketones (excluding diaryl/α,β-unsaturated/α-hetero) is 1. The van der Waals surface area contributed by atoms with Gasteiger partial charge in [0.25, 0.3) is 0 Å². The molecule has 0 heterocycles. The van der Waals surface area contributed by atoms with Crippen molar-refractivity contribution in [1.29, 1.82) is 0 Å². The van der Waals surface area contributed by atoms with Gasteiger partial charge < -0.3 is 19.3 Å². The molecule has 2 unspecified atom stereocenters. The summed E-state index contributed by atoms with van der Waals surface area (Å²) in [6.07, 6.45) is -0.869. The van der Waals surface area contributed by atoms with Crippen LogP contribution in [0.1, 0.15) is 40.5 Å². The lowest BCUT2D eigenvalue weighted by atomic mass is 10.0. The number of esters is 2. The van der Waals surface area contributed by atoms with Gasteiger partial charge in [-0.3, -0.25) is 14.9 Å². The average Bonchev–Trinajstić information content (AvgIpc) is 2.75. The largest absolute Gasteiger partial charge is 0.496 e. The highest BCUT2D eigenvalue weighted by Gasteiger charge is 2.23. The van der Waals surface area contributed by atoms with Gasteiger partial charge in [0.05, 0.1) is 19.8 Å². The molecule has 0 aliphatic carbocycles. The summed E-state index contributed by atoms with van der Waals surface area (Å²) >= 11 is 0. The number of ether oxygens (including phenoxy) is 3. The van der Waals surface area contributed by atoms with E-state index in [0.717, 1.165) is 0 Å².